The fraction of sp³-hybridized carbons (Fsp3) is 1.00. The van der Waals surface area contributed by atoms with Gasteiger partial charge in [-0.2, -0.15) is 39.5 Å². The van der Waals surface area contributed by atoms with E-state index in [0.717, 1.165) is 0 Å². The number of halogens is 10. The summed E-state index contributed by atoms with van der Waals surface area (Å²) in [5, 5.41) is -5.74. The molecule has 16 heavy (non-hydrogen) atoms. The molecule has 1 atom stereocenters. The molecule has 1 fully saturated rings. The maximum atomic E-state index is 12.5. The van der Waals surface area contributed by atoms with Crippen LogP contribution in [0, 0.1) is 0 Å². The summed E-state index contributed by atoms with van der Waals surface area (Å²) in [6.45, 7) is 0. The molecule has 1 heterocycles. The molecule has 11 heteroatoms. The predicted molar refractivity (Wildman–Crippen MR) is 30.6 cm³/mol. The predicted octanol–water partition coefficient (Wildman–Crippen LogP) is 3.38. The van der Waals surface area contributed by atoms with Crippen molar-refractivity contribution in [1.29, 1.82) is 0 Å². The van der Waals surface area contributed by atoms with Gasteiger partial charge in [0.05, 0.1) is 0 Å². The Kier molecular flexibility index (Phi) is 2.47. The Labute approximate surface area is 86.1 Å². The van der Waals surface area contributed by atoms with Crippen molar-refractivity contribution in [3.8, 4) is 0 Å². The first-order valence-corrected chi connectivity index (χ1v) is 3.68. The van der Waals surface area contributed by atoms with Crippen molar-refractivity contribution in [1.82, 2.24) is 0 Å². The van der Waals surface area contributed by atoms with Crippen LogP contribution >= 0.6 is 11.6 Å². The molecule has 0 radical (unpaired) electrons. The Morgan fingerprint density at radius 3 is 1.31 bits per heavy atom. The molecule has 1 aliphatic heterocycles. The second-order valence-corrected chi connectivity index (χ2v) is 3.34. The molecule has 96 valence electrons. The first kappa shape index (κ1) is 13.7. The summed E-state index contributed by atoms with van der Waals surface area (Å²) in [7, 11) is 0. The van der Waals surface area contributed by atoms with Crippen molar-refractivity contribution < 1.29 is 44.3 Å². The van der Waals surface area contributed by atoms with E-state index in [0.29, 0.717) is 0 Å². The molecule has 1 rings (SSSR count). The third-order valence-corrected chi connectivity index (χ3v) is 2.15. The summed E-state index contributed by atoms with van der Waals surface area (Å²) < 4.78 is 112. The first-order chi connectivity index (χ1) is 6.71. The van der Waals surface area contributed by atoms with E-state index in [9.17, 15) is 39.5 Å². The Hall–Kier alpha value is -0.380. The summed E-state index contributed by atoms with van der Waals surface area (Å²) in [6.07, 6.45) is -12.1. The lowest BCUT2D eigenvalue weighted by Crippen LogP contribution is -2.84. The van der Waals surface area contributed by atoms with Crippen LogP contribution in [0.2, 0.25) is 0 Å². The second-order valence-electron chi connectivity index (χ2n) is 2.87. The minimum atomic E-state index is -6.47. The van der Waals surface area contributed by atoms with Gasteiger partial charge in [0.2, 0.25) is 0 Å². The third-order valence-electron chi connectivity index (χ3n) is 1.89. The molecule has 0 amide bonds. The molecule has 0 saturated carbocycles. The van der Waals surface area contributed by atoms with Crippen molar-refractivity contribution >= 4 is 11.6 Å². The smallest absolute Gasteiger partial charge is 0.286 e. The monoisotopic (exact) mass is 282 g/mol. The minimum Gasteiger partial charge on any atom is -0.286 e. The SMILES string of the molecule is FC(F)(F)C1(C(F)(F)Cl)OC(F)(F)C1(F)F. The first-order valence-electron chi connectivity index (χ1n) is 3.30. The molecule has 1 nitrogen and oxygen atoms in total. The molecule has 0 aliphatic carbocycles. The van der Waals surface area contributed by atoms with E-state index >= 15 is 0 Å². The third kappa shape index (κ3) is 1.25. The molecule has 0 aromatic heterocycles. The van der Waals surface area contributed by atoms with Crippen LogP contribution in [0.1, 0.15) is 0 Å². The largest absolute Gasteiger partial charge is 0.431 e. The Bertz CT molecular complexity index is 288. The van der Waals surface area contributed by atoms with Crippen LogP contribution in [0.3, 0.4) is 0 Å². The fourth-order valence-corrected chi connectivity index (χ4v) is 1.38. The van der Waals surface area contributed by atoms with E-state index in [-0.39, 0.29) is 0 Å². The Balaban J connectivity index is 3.35. The van der Waals surface area contributed by atoms with Gasteiger partial charge in [0.1, 0.15) is 0 Å². The van der Waals surface area contributed by atoms with Crippen LogP contribution < -0.4 is 0 Å². The van der Waals surface area contributed by atoms with Crippen molar-refractivity contribution in [2.75, 3.05) is 0 Å². The molecule has 0 bridgehead atoms. The molecule has 0 aromatic rings. The topological polar surface area (TPSA) is 9.23 Å². The highest BCUT2D eigenvalue weighted by Gasteiger charge is 2.98. The second kappa shape index (κ2) is 2.89. The molecule has 1 aliphatic rings. The molecule has 1 saturated heterocycles. The number of hydrogen-bond donors (Lipinski definition) is 0. The highest BCUT2D eigenvalue weighted by Crippen LogP contribution is 2.68. The van der Waals surface area contributed by atoms with Gasteiger partial charge < -0.3 is 0 Å². The number of ether oxygens (including phenoxy) is 1. The lowest BCUT2D eigenvalue weighted by Gasteiger charge is -2.53. The maximum Gasteiger partial charge on any atom is 0.431 e. The van der Waals surface area contributed by atoms with Crippen molar-refractivity contribution in [2.24, 2.45) is 0 Å². The van der Waals surface area contributed by atoms with Gasteiger partial charge in [0, 0.05) is 0 Å². The minimum absolute atomic E-state index is 2.37. The molecule has 0 N–H and O–H groups in total. The van der Waals surface area contributed by atoms with E-state index in [1.165, 1.54) is 0 Å². The lowest BCUT2D eigenvalue weighted by molar-refractivity contribution is -0.579. The number of alkyl halides is 10. The molecule has 0 spiro atoms. The van der Waals surface area contributed by atoms with Crippen LogP contribution in [0.25, 0.3) is 0 Å². The molecule has 1 unspecified atom stereocenters. The summed E-state index contributed by atoms with van der Waals surface area (Å²) >= 11 is 3.80. The van der Waals surface area contributed by atoms with Crippen LogP contribution in [-0.2, 0) is 4.74 Å². The van der Waals surface area contributed by atoms with Crippen molar-refractivity contribution in [3.05, 3.63) is 0 Å². The fourth-order valence-electron chi connectivity index (χ4n) is 1.11. The van der Waals surface area contributed by atoms with E-state index < -0.39 is 29.2 Å². The summed E-state index contributed by atoms with van der Waals surface area (Å²) in [5.74, 6) is -6.16. The molecular formula is C5ClF9O. The standard InChI is InChI=1S/C5ClF9O/c6-3(9,10)1(4(11,12)13)2(7,8)5(14,15)16-1. The zero-order chi connectivity index (χ0) is 13.2. The highest BCUT2D eigenvalue weighted by atomic mass is 35.5. The Morgan fingerprint density at radius 1 is 0.875 bits per heavy atom. The normalized spacial score (nSPS) is 33.4. The van der Waals surface area contributed by atoms with E-state index in [1.54, 1.807) is 0 Å². The van der Waals surface area contributed by atoms with E-state index in [2.05, 4.69) is 16.3 Å². The van der Waals surface area contributed by atoms with Gasteiger partial charge in [0.25, 0.3) is 0 Å². The van der Waals surface area contributed by atoms with Crippen molar-refractivity contribution in [2.45, 2.75) is 29.2 Å². The number of rotatable bonds is 1. The zero-order valence-corrected chi connectivity index (χ0v) is 7.44. The number of hydrogen-bond acceptors (Lipinski definition) is 1. The van der Waals surface area contributed by atoms with Gasteiger partial charge >= 0.3 is 29.2 Å². The van der Waals surface area contributed by atoms with E-state index in [1.807, 2.05) is 0 Å². The zero-order valence-electron chi connectivity index (χ0n) is 6.69. The van der Waals surface area contributed by atoms with Crippen molar-refractivity contribution in [3.63, 3.8) is 0 Å². The highest BCUT2D eigenvalue weighted by molar-refractivity contribution is 6.22. The summed E-state index contributed by atoms with van der Waals surface area (Å²) in [6, 6.07) is 0. The van der Waals surface area contributed by atoms with Crippen LogP contribution in [0.4, 0.5) is 39.5 Å². The van der Waals surface area contributed by atoms with Gasteiger partial charge in [0.15, 0.2) is 0 Å². The van der Waals surface area contributed by atoms with E-state index in [4.69, 9.17) is 0 Å². The Morgan fingerprint density at radius 2 is 1.25 bits per heavy atom. The average molecular weight is 282 g/mol. The molecular weight excluding hydrogens is 282 g/mol. The average Bonchev–Trinajstić information content (AvgIpc) is 1.94. The van der Waals surface area contributed by atoms with Crippen LogP contribution in [-0.4, -0.2) is 29.2 Å². The lowest BCUT2D eigenvalue weighted by atomic mass is 9.87. The van der Waals surface area contributed by atoms with Crippen LogP contribution in [0.5, 0.6) is 0 Å². The van der Waals surface area contributed by atoms with Gasteiger partial charge in [-0.1, -0.05) is 0 Å². The quantitative estimate of drug-likeness (QED) is 0.529. The van der Waals surface area contributed by atoms with Crippen LogP contribution in [0.15, 0.2) is 0 Å². The summed E-state index contributed by atoms with van der Waals surface area (Å²) in [4.78, 5) is 0. The van der Waals surface area contributed by atoms with Gasteiger partial charge in [-0.15, -0.1) is 0 Å². The van der Waals surface area contributed by atoms with Gasteiger partial charge in [-0.05, 0) is 11.6 Å². The maximum absolute atomic E-state index is 12.5. The van der Waals surface area contributed by atoms with Gasteiger partial charge in [-0.25, -0.2) is 0 Å². The summed E-state index contributed by atoms with van der Waals surface area (Å²) in [5.41, 5.74) is -5.72. The molecule has 0 aromatic carbocycles. The van der Waals surface area contributed by atoms with Gasteiger partial charge in [-0.3, -0.25) is 4.74 Å².